The summed E-state index contributed by atoms with van der Waals surface area (Å²) >= 11 is 5.78. The maximum atomic E-state index is 13.1. The van der Waals surface area contributed by atoms with E-state index in [1.807, 2.05) is 0 Å². The van der Waals surface area contributed by atoms with Crippen molar-refractivity contribution < 1.29 is 13.6 Å². The SMILES string of the molecule is O=C[C@@H](Br)c1c(F)cc(Br)cc1F. The molecule has 1 aromatic carbocycles. The second-order valence-corrected chi connectivity index (χ2v) is 4.22. The summed E-state index contributed by atoms with van der Waals surface area (Å²) in [5.74, 6) is -1.50. The molecule has 1 aromatic rings. The second-order valence-electron chi connectivity index (χ2n) is 2.32. The van der Waals surface area contributed by atoms with Gasteiger partial charge in [0.15, 0.2) is 0 Å². The molecular formula is C8H4Br2F2O. The number of hydrogen-bond acceptors (Lipinski definition) is 1. The lowest BCUT2D eigenvalue weighted by Crippen LogP contribution is -1.99. The molecule has 0 bridgehead atoms. The first-order valence-corrected chi connectivity index (χ1v) is 5.01. The Morgan fingerprint density at radius 1 is 1.31 bits per heavy atom. The predicted molar refractivity (Wildman–Crippen MR) is 51.8 cm³/mol. The van der Waals surface area contributed by atoms with Gasteiger partial charge in [0.25, 0.3) is 0 Å². The predicted octanol–water partition coefficient (Wildman–Crippen LogP) is 3.36. The molecule has 0 unspecified atom stereocenters. The van der Waals surface area contributed by atoms with Crippen molar-refractivity contribution in [2.24, 2.45) is 0 Å². The van der Waals surface area contributed by atoms with Crippen molar-refractivity contribution in [1.29, 1.82) is 0 Å². The van der Waals surface area contributed by atoms with Gasteiger partial charge in [0.1, 0.15) is 22.7 Å². The van der Waals surface area contributed by atoms with E-state index < -0.39 is 16.5 Å². The highest BCUT2D eigenvalue weighted by molar-refractivity contribution is 9.10. The summed E-state index contributed by atoms with van der Waals surface area (Å²) in [7, 11) is 0. The first kappa shape index (κ1) is 10.8. The van der Waals surface area contributed by atoms with Gasteiger partial charge in [-0.2, -0.15) is 0 Å². The maximum absolute atomic E-state index is 13.1. The Labute approximate surface area is 90.4 Å². The Kier molecular flexibility index (Phi) is 3.55. The monoisotopic (exact) mass is 312 g/mol. The molecule has 0 fully saturated rings. The van der Waals surface area contributed by atoms with Gasteiger partial charge in [-0.25, -0.2) is 8.78 Å². The van der Waals surface area contributed by atoms with Crippen LogP contribution < -0.4 is 0 Å². The molecule has 0 aliphatic carbocycles. The van der Waals surface area contributed by atoms with Crippen molar-refractivity contribution in [1.82, 2.24) is 0 Å². The average molecular weight is 314 g/mol. The third-order valence-corrected chi connectivity index (χ3v) is 2.57. The van der Waals surface area contributed by atoms with E-state index in [2.05, 4.69) is 31.9 Å². The number of halogens is 4. The molecule has 1 rings (SSSR count). The van der Waals surface area contributed by atoms with E-state index in [-0.39, 0.29) is 5.56 Å². The van der Waals surface area contributed by atoms with Gasteiger partial charge in [0.05, 0.1) is 0 Å². The fourth-order valence-corrected chi connectivity index (χ4v) is 1.72. The van der Waals surface area contributed by atoms with Crippen LogP contribution in [0.2, 0.25) is 0 Å². The highest BCUT2D eigenvalue weighted by Crippen LogP contribution is 2.28. The summed E-state index contributed by atoms with van der Waals surface area (Å²) in [4.78, 5) is 9.36. The lowest BCUT2D eigenvalue weighted by atomic mass is 10.1. The first-order valence-electron chi connectivity index (χ1n) is 3.30. The van der Waals surface area contributed by atoms with Gasteiger partial charge in [0, 0.05) is 10.0 Å². The van der Waals surface area contributed by atoms with Gasteiger partial charge in [-0.05, 0) is 12.1 Å². The summed E-state index contributed by atoms with van der Waals surface area (Å²) in [5.41, 5.74) is -0.266. The van der Waals surface area contributed by atoms with Crippen LogP contribution in [0.5, 0.6) is 0 Å². The highest BCUT2D eigenvalue weighted by atomic mass is 79.9. The van der Waals surface area contributed by atoms with Gasteiger partial charge in [-0.15, -0.1) is 0 Å². The third-order valence-electron chi connectivity index (χ3n) is 1.44. The molecule has 1 atom stereocenters. The van der Waals surface area contributed by atoms with Crippen LogP contribution in [0, 0.1) is 11.6 Å². The zero-order valence-corrected chi connectivity index (χ0v) is 9.40. The smallest absolute Gasteiger partial charge is 0.138 e. The van der Waals surface area contributed by atoms with Gasteiger partial charge in [-0.1, -0.05) is 31.9 Å². The van der Waals surface area contributed by atoms with Crippen LogP contribution in [0.25, 0.3) is 0 Å². The van der Waals surface area contributed by atoms with Crippen molar-refractivity contribution in [2.75, 3.05) is 0 Å². The summed E-state index contributed by atoms with van der Waals surface area (Å²) in [6.07, 6.45) is 0.426. The molecule has 0 saturated carbocycles. The van der Waals surface area contributed by atoms with Crippen molar-refractivity contribution >= 4 is 38.1 Å². The average Bonchev–Trinajstić information content (AvgIpc) is 2.02. The van der Waals surface area contributed by atoms with E-state index >= 15 is 0 Å². The number of carbonyl (C=O) groups excluding carboxylic acids is 1. The fraction of sp³-hybridized carbons (Fsp3) is 0.125. The normalized spacial score (nSPS) is 12.6. The molecule has 0 aliphatic rings. The zero-order valence-electron chi connectivity index (χ0n) is 6.23. The molecule has 0 N–H and O–H groups in total. The standard InChI is InChI=1S/C8H4Br2F2O/c9-4-1-6(11)8(5(10)3-13)7(12)2-4/h1-3,5H/t5-/m1/s1. The number of aldehydes is 1. The lowest BCUT2D eigenvalue weighted by molar-refractivity contribution is -0.107. The van der Waals surface area contributed by atoms with Crippen LogP contribution in [-0.2, 0) is 4.79 Å². The maximum Gasteiger partial charge on any atom is 0.138 e. The van der Waals surface area contributed by atoms with Gasteiger partial charge in [0.2, 0.25) is 0 Å². The quantitative estimate of drug-likeness (QED) is 0.604. The van der Waals surface area contributed by atoms with Crippen LogP contribution >= 0.6 is 31.9 Å². The van der Waals surface area contributed by atoms with Crippen molar-refractivity contribution in [3.8, 4) is 0 Å². The van der Waals surface area contributed by atoms with Gasteiger partial charge >= 0.3 is 0 Å². The molecule has 0 amide bonds. The van der Waals surface area contributed by atoms with Crippen LogP contribution in [0.1, 0.15) is 10.4 Å². The molecule has 5 heteroatoms. The van der Waals surface area contributed by atoms with E-state index in [0.29, 0.717) is 10.8 Å². The van der Waals surface area contributed by atoms with Crippen molar-refractivity contribution in [2.45, 2.75) is 4.83 Å². The molecule has 0 spiro atoms. The number of carbonyl (C=O) groups is 1. The first-order chi connectivity index (χ1) is 6.06. The van der Waals surface area contributed by atoms with E-state index in [1.54, 1.807) is 0 Å². The van der Waals surface area contributed by atoms with E-state index in [0.717, 1.165) is 12.1 Å². The Hall–Kier alpha value is -0.290. The summed E-state index contributed by atoms with van der Waals surface area (Å²) in [6, 6.07) is 2.21. The Bertz CT molecular complexity index is 318. The third kappa shape index (κ3) is 2.34. The molecule has 0 aromatic heterocycles. The zero-order chi connectivity index (χ0) is 10.0. The summed E-state index contributed by atoms with van der Waals surface area (Å²) < 4.78 is 26.5. The molecule has 0 saturated heterocycles. The Morgan fingerprint density at radius 3 is 2.15 bits per heavy atom. The molecule has 70 valence electrons. The molecule has 0 radical (unpaired) electrons. The van der Waals surface area contributed by atoms with E-state index in [4.69, 9.17) is 0 Å². The van der Waals surface area contributed by atoms with Crippen LogP contribution in [0.15, 0.2) is 16.6 Å². The molecule has 1 nitrogen and oxygen atoms in total. The van der Waals surface area contributed by atoms with Crippen molar-refractivity contribution in [3.63, 3.8) is 0 Å². The molecular weight excluding hydrogens is 310 g/mol. The van der Waals surface area contributed by atoms with Crippen LogP contribution in [-0.4, -0.2) is 6.29 Å². The minimum atomic E-state index is -0.944. The molecule has 0 aliphatic heterocycles. The highest BCUT2D eigenvalue weighted by Gasteiger charge is 2.17. The number of rotatable bonds is 2. The molecule has 0 heterocycles. The lowest BCUT2D eigenvalue weighted by Gasteiger charge is -2.06. The van der Waals surface area contributed by atoms with Crippen LogP contribution in [0.4, 0.5) is 8.78 Å². The number of hydrogen-bond donors (Lipinski definition) is 0. The topological polar surface area (TPSA) is 17.1 Å². The van der Waals surface area contributed by atoms with E-state index in [9.17, 15) is 13.6 Å². The molecule has 13 heavy (non-hydrogen) atoms. The minimum Gasteiger partial charge on any atom is -0.302 e. The fourth-order valence-electron chi connectivity index (χ4n) is 0.885. The van der Waals surface area contributed by atoms with Crippen LogP contribution in [0.3, 0.4) is 0 Å². The number of alkyl halides is 1. The van der Waals surface area contributed by atoms with E-state index in [1.165, 1.54) is 0 Å². The Balaban J connectivity index is 3.28. The Morgan fingerprint density at radius 2 is 1.77 bits per heavy atom. The second kappa shape index (κ2) is 4.28. The summed E-state index contributed by atoms with van der Waals surface area (Å²) in [6.45, 7) is 0. The van der Waals surface area contributed by atoms with Gasteiger partial charge < -0.3 is 4.79 Å². The minimum absolute atomic E-state index is 0.266. The largest absolute Gasteiger partial charge is 0.302 e. The summed E-state index contributed by atoms with van der Waals surface area (Å²) in [5, 5.41) is 0. The van der Waals surface area contributed by atoms with Gasteiger partial charge in [-0.3, -0.25) is 0 Å². The van der Waals surface area contributed by atoms with Crippen molar-refractivity contribution in [3.05, 3.63) is 33.8 Å². The number of benzene rings is 1.